The summed E-state index contributed by atoms with van der Waals surface area (Å²) in [5, 5.41) is 0. The van der Waals surface area contributed by atoms with E-state index in [1.807, 2.05) is 0 Å². The van der Waals surface area contributed by atoms with Gasteiger partial charge in [0, 0.05) is 23.0 Å². The van der Waals surface area contributed by atoms with Gasteiger partial charge in [-0.15, -0.1) is 0 Å². The molecule has 4 heteroatoms. The van der Waals surface area contributed by atoms with Crippen LogP contribution in [0.4, 0.5) is 5.69 Å². The van der Waals surface area contributed by atoms with Crippen molar-refractivity contribution in [2.75, 3.05) is 4.90 Å². The molecule has 0 aliphatic carbocycles. The maximum atomic E-state index is 11.5. The molecule has 0 aromatic heterocycles. The topological polar surface area (TPSA) is 63.4 Å². The molecule has 1 aliphatic rings. The van der Waals surface area contributed by atoms with Crippen LogP contribution in [0.15, 0.2) is 48.7 Å². The van der Waals surface area contributed by atoms with Crippen molar-refractivity contribution in [1.29, 1.82) is 0 Å². The van der Waals surface area contributed by atoms with Crippen molar-refractivity contribution in [3.63, 3.8) is 0 Å². The SMILES string of the molecule is C=C1C=CC(=O)N1c1ccc(C(N)=O)cc1. The smallest absolute Gasteiger partial charge is 0.255 e. The Kier molecular flexibility index (Phi) is 2.32. The summed E-state index contributed by atoms with van der Waals surface area (Å²) in [5.74, 6) is -0.631. The molecule has 2 rings (SSSR count). The largest absolute Gasteiger partial charge is 0.366 e. The zero-order chi connectivity index (χ0) is 11.7. The van der Waals surface area contributed by atoms with Crippen LogP contribution in [0.25, 0.3) is 0 Å². The number of carbonyl (C=O) groups excluding carboxylic acids is 2. The lowest BCUT2D eigenvalue weighted by molar-refractivity contribution is -0.113. The van der Waals surface area contributed by atoms with E-state index in [-0.39, 0.29) is 5.91 Å². The normalized spacial score (nSPS) is 14.6. The number of rotatable bonds is 2. The maximum absolute atomic E-state index is 11.5. The third-order valence-electron chi connectivity index (χ3n) is 2.34. The van der Waals surface area contributed by atoms with Crippen molar-refractivity contribution in [3.8, 4) is 0 Å². The van der Waals surface area contributed by atoms with Gasteiger partial charge in [-0.2, -0.15) is 0 Å². The standard InChI is InChI=1S/C12H10N2O2/c1-8-2-7-11(15)14(8)10-5-3-9(4-6-10)12(13)16/h2-7H,1H2,(H2,13,16). The first kappa shape index (κ1) is 10.2. The van der Waals surface area contributed by atoms with E-state index >= 15 is 0 Å². The van der Waals surface area contributed by atoms with Gasteiger partial charge in [-0.1, -0.05) is 6.58 Å². The number of hydrogen-bond donors (Lipinski definition) is 1. The predicted molar refractivity (Wildman–Crippen MR) is 60.7 cm³/mol. The zero-order valence-electron chi connectivity index (χ0n) is 8.51. The fourth-order valence-corrected chi connectivity index (χ4v) is 1.53. The van der Waals surface area contributed by atoms with Crippen LogP contribution in [-0.4, -0.2) is 11.8 Å². The monoisotopic (exact) mass is 214 g/mol. The fraction of sp³-hybridized carbons (Fsp3) is 0. The van der Waals surface area contributed by atoms with Crippen LogP contribution in [0.5, 0.6) is 0 Å². The lowest BCUT2D eigenvalue weighted by atomic mass is 10.2. The molecule has 0 fully saturated rings. The van der Waals surface area contributed by atoms with Gasteiger partial charge in [0.15, 0.2) is 0 Å². The molecule has 0 bridgehead atoms. The maximum Gasteiger partial charge on any atom is 0.255 e. The van der Waals surface area contributed by atoms with Gasteiger partial charge in [0.05, 0.1) is 0 Å². The summed E-state index contributed by atoms with van der Waals surface area (Å²) < 4.78 is 0. The highest BCUT2D eigenvalue weighted by Gasteiger charge is 2.20. The number of anilines is 1. The highest BCUT2D eigenvalue weighted by Crippen LogP contribution is 2.23. The van der Waals surface area contributed by atoms with E-state index in [0.717, 1.165) is 0 Å². The second kappa shape index (κ2) is 3.66. The minimum atomic E-state index is -0.490. The predicted octanol–water partition coefficient (Wildman–Crippen LogP) is 1.20. The third kappa shape index (κ3) is 1.61. The molecule has 80 valence electrons. The molecule has 0 radical (unpaired) electrons. The Balaban J connectivity index is 2.32. The van der Waals surface area contributed by atoms with Gasteiger partial charge in [0.2, 0.25) is 5.91 Å². The van der Waals surface area contributed by atoms with E-state index in [4.69, 9.17) is 5.73 Å². The number of allylic oxidation sites excluding steroid dienone is 1. The summed E-state index contributed by atoms with van der Waals surface area (Å²) in [5.41, 5.74) is 6.81. The summed E-state index contributed by atoms with van der Waals surface area (Å²) >= 11 is 0. The second-order valence-corrected chi connectivity index (χ2v) is 3.41. The Morgan fingerprint density at radius 1 is 1.19 bits per heavy atom. The van der Waals surface area contributed by atoms with Crippen molar-refractivity contribution in [2.24, 2.45) is 5.73 Å². The van der Waals surface area contributed by atoms with E-state index < -0.39 is 5.91 Å². The molecule has 16 heavy (non-hydrogen) atoms. The highest BCUT2D eigenvalue weighted by atomic mass is 16.2. The summed E-state index contributed by atoms with van der Waals surface area (Å²) in [6, 6.07) is 6.49. The third-order valence-corrected chi connectivity index (χ3v) is 2.34. The zero-order valence-corrected chi connectivity index (χ0v) is 8.51. The number of carbonyl (C=O) groups is 2. The molecule has 1 heterocycles. The Morgan fingerprint density at radius 2 is 1.81 bits per heavy atom. The van der Waals surface area contributed by atoms with Gasteiger partial charge >= 0.3 is 0 Å². The first-order valence-electron chi connectivity index (χ1n) is 4.70. The van der Waals surface area contributed by atoms with Crippen molar-refractivity contribution in [1.82, 2.24) is 0 Å². The first-order valence-corrected chi connectivity index (χ1v) is 4.70. The lowest BCUT2D eigenvalue weighted by Crippen LogP contribution is -2.22. The van der Waals surface area contributed by atoms with E-state index in [2.05, 4.69) is 6.58 Å². The van der Waals surface area contributed by atoms with Crippen LogP contribution in [-0.2, 0) is 4.79 Å². The van der Waals surface area contributed by atoms with Crippen molar-refractivity contribution < 1.29 is 9.59 Å². The molecule has 1 aromatic rings. The van der Waals surface area contributed by atoms with Crippen LogP contribution in [0.1, 0.15) is 10.4 Å². The molecule has 0 saturated carbocycles. The van der Waals surface area contributed by atoms with E-state index in [1.165, 1.54) is 11.0 Å². The molecule has 2 N–H and O–H groups in total. The van der Waals surface area contributed by atoms with Crippen molar-refractivity contribution in [3.05, 3.63) is 54.3 Å². The molecule has 1 aliphatic heterocycles. The molecule has 1 aromatic carbocycles. The van der Waals surface area contributed by atoms with Gasteiger partial charge < -0.3 is 5.73 Å². The van der Waals surface area contributed by atoms with Gasteiger partial charge in [-0.05, 0) is 30.3 Å². The molecular formula is C12H10N2O2. The summed E-state index contributed by atoms with van der Waals surface area (Å²) in [7, 11) is 0. The van der Waals surface area contributed by atoms with E-state index in [0.29, 0.717) is 16.9 Å². The number of amides is 2. The van der Waals surface area contributed by atoms with Gasteiger partial charge in [0.25, 0.3) is 5.91 Å². The van der Waals surface area contributed by atoms with Gasteiger partial charge in [-0.25, -0.2) is 0 Å². The quantitative estimate of drug-likeness (QED) is 0.804. The summed E-state index contributed by atoms with van der Waals surface area (Å²) in [6.07, 6.45) is 3.09. The van der Waals surface area contributed by atoms with Gasteiger partial charge in [-0.3, -0.25) is 14.5 Å². The molecule has 2 amide bonds. The number of nitrogens with two attached hydrogens (primary N) is 1. The summed E-state index contributed by atoms with van der Waals surface area (Å²) in [4.78, 5) is 23.8. The second-order valence-electron chi connectivity index (χ2n) is 3.41. The Morgan fingerprint density at radius 3 is 2.25 bits per heavy atom. The summed E-state index contributed by atoms with van der Waals surface area (Å²) in [6.45, 7) is 3.75. The van der Waals surface area contributed by atoms with Crippen molar-refractivity contribution >= 4 is 17.5 Å². The minimum absolute atomic E-state index is 0.142. The number of nitrogens with zero attached hydrogens (tertiary/aromatic N) is 1. The first-order chi connectivity index (χ1) is 7.59. The number of benzene rings is 1. The molecule has 4 nitrogen and oxygen atoms in total. The average molecular weight is 214 g/mol. The Labute approximate surface area is 92.7 Å². The van der Waals surface area contributed by atoms with E-state index in [9.17, 15) is 9.59 Å². The highest BCUT2D eigenvalue weighted by molar-refractivity contribution is 6.08. The average Bonchev–Trinajstić information content (AvgIpc) is 2.59. The lowest BCUT2D eigenvalue weighted by Gasteiger charge is -2.17. The number of hydrogen-bond acceptors (Lipinski definition) is 2. The van der Waals surface area contributed by atoms with Crippen LogP contribution in [0.3, 0.4) is 0 Å². The number of primary amides is 1. The fourth-order valence-electron chi connectivity index (χ4n) is 1.53. The van der Waals surface area contributed by atoms with Crippen molar-refractivity contribution in [2.45, 2.75) is 0 Å². The Hall–Kier alpha value is -2.36. The van der Waals surface area contributed by atoms with E-state index in [1.54, 1.807) is 30.3 Å². The molecule has 0 unspecified atom stereocenters. The van der Waals surface area contributed by atoms with Gasteiger partial charge in [0.1, 0.15) is 0 Å². The molecular weight excluding hydrogens is 204 g/mol. The molecule has 0 atom stereocenters. The minimum Gasteiger partial charge on any atom is -0.366 e. The molecule has 0 saturated heterocycles. The van der Waals surface area contributed by atoms with Crippen LogP contribution >= 0.6 is 0 Å². The van der Waals surface area contributed by atoms with Crippen LogP contribution < -0.4 is 10.6 Å². The van der Waals surface area contributed by atoms with Crippen LogP contribution in [0.2, 0.25) is 0 Å². The Bertz CT molecular complexity index is 482. The van der Waals surface area contributed by atoms with Crippen LogP contribution in [0, 0.1) is 0 Å². The molecule has 0 spiro atoms.